The molecular formula is C21H23N3O3. The van der Waals surface area contributed by atoms with Crippen LogP contribution in [-0.2, 0) is 16.0 Å². The molecule has 0 saturated carbocycles. The largest absolute Gasteiger partial charge is 0.490 e. The Morgan fingerprint density at radius 3 is 2.67 bits per heavy atom. The molecule has 2 amide bonds. The molecular weight excluding hydrogens is 342 g/mol. The highest BCUT2D eigenvalue weighted by molar-refractivity contribution is 5.97. The molecule has 6 heteroatoms. The molecule has 6 nitrogen and oxygen atoms in total. The summed E-state index contributed by atoms with van der Waals surface area (Å²) >= 11 is 0. The van der Waals surface area contributed by atoms with E-state index in [0.29, 0.717) is 18.9 Å². The van der Waals surface area contributed by atoms with Crippen molar-refractivity contribution < 1.29 is 14.3 Å². The molecule has 0 aliphatic rings. The number of carbonyl (C=O) groups is 2. The molecule has 140 valence electrons. The summed E-state index contributed by atoms with van der Waals surface area (Å²) in [5.74, 6) is -0.121. The van der Waals surface area contributed by atoms with Gasteiger partial charge in [0, 0.05) is 6.54 Å². The summed E-state index contributed by atoms with van der Waals surface area (Å²) in [6.07, 6.45) is 3.60. The Morgan fingerprint density at radius 1 is 1.07 bits per heavy atom. The monoisotopic (exact) mass is 365 g/mol. The van der Waals surface area contributed by atoms with Crippen molar-refractivity contribution in [2.75, 3.05) is 13.2 Å². The SMILES string of the molecule is C=CCOc1cccc(C=NNC(=O)CC(=O)NCCc2ccccc2)c1. The quantitative estimate of drug-likeness (QED) is 0.294. The van der Waals surface area contributed by atoms with Crippen LogP contribution in [0.5, 0.6) is 5.75 Å². The topological polar surface area (TPSA) is 79.8 Å². The van der Waals surface area contributed by atoms with Crippen molar-refractivity contribution in [3.8, 4) is 5.75 Å². The number of rotatable bonds is 10. The van der Waals surface area contributed by atoms with Crippen LogP contribution in [0.25, 0.3) is 0 Å². The average molecular weight is 365 g/mol. The van der Waals surface area contributed by atoms with Crippen molar-refractivity contribution in [2.24, 2.45) is 5.10 Å². The summed E-state index contributed by atoms with van der Waals surface area (Å²) < 4.78 is 5.43. The number of hydrogen-bond acceptors (Lipinski definition) is 4. The Kier molecular flexibility index (Phi) is 8.30. The molecule has 0 bridgehead atoms. The summed E-state index contributed by atoms with van der Waals surface area (Å²) in [5, 5.41) is 6.58. The second-order valence-electron chi connectivity index (χ2n) is 5.73. The molecule has 0 radical (unpaired) electrons. The summed E-state index contributed by atoms with van der Waals surface area (Å²) in [4.78, 5) is 23.5. The molecule has 0 atom stereocenters. The molecule has 0 spiro atoms. The minimum Gasteiger partial charge on any atom is -0.490 e. The van der Waals surface area contributed by atoms with Crippen molar-refractivity contribution in [2.45, 2.75) is 12.8 Å². The van der Waals surface area contributed by atoms with Crippen molar-refractivity contribution in [3.63, 3.8) is 0 Å². The Labute approximate surface area is 158 Å². The van der Waals surface area contributed by atoms with Gasteiger partial charge in [-0.05, 0) is 29.7 Å². The first-order valence-corrected chi connectivity index (χ1v) is 8.63. The van der Waals surface area contributed by atoms with Gasteiger partial charge in [0.2, 0.25) is 11.8 Å². The normalized spacial score (nSPS) is 10.4. The lowest BCUT2D eigenvalue weighted by Gasteiger charge is -2.05. The Balaban J connectivity index is 1.69. The Hall–Kier alpha value is -3.41. The van der Waals surface area contributed by atoms with E-state index < -0.39 is 5.91 Å². The molecule has 0 fully saturated rings. The van der Waals surface area contributed by atoms with E-state index in [0.717, 1.165) is 17.5 Å². The van der Waals surface area contributed by atoms with Crippen LogP contribution >= 0.6 is 0 Å². The van der Waals surface area contributed by atoms with Crippen LogP contribution in [0.2, 0.25) is 0 Å². The van der Waals surface area contributed by atoms with Gasteiger partial charge in [-0.2, -0.15) is 5.10 Å². The number of nitrogens with one attached hydrogen (secondary N) is 2. The number of carbonyl (C=O) groups excluding carboxylic acids is 2. The third-order valence-electron chi connectivity index (χ3n) is 3.53. The van der Waals surface area contributed by atoms with Gasteiger partial charge in [-0.3, -0.25) is 9.59 Å². The van der Waals surface area contributed by atoms with Gasteiger partial charge >= 0.3 is 0 Å². The number of nitrogens with zero attached hydrogens (tertiary/aromatic N) is 1. The molecule has 0 aromatic heterocycles. The fourth-order valence-corrected chi connectivity index (χ4v) is 2.26. The molecule has 0 heterocycles. The second-order valence-corrected chi connectivity index (χ2v) is 5.73. The van der Waals surface area contributed by atoms with Crippen LogP contribution in [-0.4, -0.2) is 31.2 Å². The van der Waals surface area contributed by atoms with Crippen LogP contribution in [0.15, 0.2) is 72.4 Å². The molecule has 27 heavy (non-hydrogen) atoms. The van der Waals surface area contributed by atoms with Crippen molar-refractivity contribution >= 4 is 18.0 Å². The predicted molar refractivity (Wildman–Crippen MR) is 106 cm³/mol. The first-order valence-electron chi connectivity index (χ1n) is 8.63. The van der Waals surface area contributed by atoms with Gasteiger partial charge in [-0.15, -0.1) is 0 Å². The lowest BCUT2D eigenvalue weighted by Crippen LogP contribution is -2.31. The van der Waals surface area contributed by atoms with E-state index in [-0.39, 0.29) is 12.3 Å². The molecule has 0 saturated heterocycles. The molecule has 0 aliphatic heterocycles. The van der Waals surface area contributed by atoms with Crippen LogP contribution in [0.3, 0.4) is 0 Å². The summed E-state index contributed by atoms with van der Waals surface area (Å²) in [6, 6.07) is 17.1. The fraction of sp³-hybridized carbons (Fsp3) is 0.190. The second kappa shape index (κ2) is 11.3. The highest BCUT2D eigenvalue weighted by atomic mass is 16.5. The molecule has 2 rings (SSSR count). The minimum absolute atomic E-state index is 0.269. The zero-order valence-corrected chi connectivity index (χ0v) is 15.1. The number of hydrazone groups is 1. The van der Waals surface area contributed by atoms with E-state index in [1.54, 1.807) is 12.1 Å². The summed E-state index contributed by atoms with van der Waals surface area (Å²) in [7, 11) is 0. The van der Waals surface area contributed by atoms with Crippen LogP contribution < -0.4 is 15.5 Å². The van der Waals surface area contributed by atoms with E-state index in [4.69, 9.17) is 4.74 Å². The van der Waals surface area contributed by atoms with Crippen molar-refractivity contribution in [1.82, 2.24) is 10.7 Å². The van der Waals surface area contributed by atoms with Gasteiger partial charge in [0.1, 0.15) is 18.8 Å². The van der Waals surface area contributed by atoms with Crippen molar-refractivity contribution in [3.05, 3.63) is 78.4 Å². The van der Waals surface area contributed by atoms with E-state index in [9.17, 15) is 9.59 Å². The zero-order valence-electron chi connectivity index (χ0n) is 15.1. The summed E-state index contributed by atoms with van der Waals surface area (Å²) in [6.45, 7) is 4.49. The van der Waals surface area contributed by atoms with Crippen molar-refractivity contribution in [1.29, 1.82) is 0 Å². The van der Waals surface area contributed by atoms with Gasteiger partial charge in [-0.1, -0.05) is 55.1 Å². The average Bonchev–Trinajstić information content (AvgIpc) is 2.67. The lowest BCUT2D eigenvalue weighted by molar-refractivity contribution is -0.129. The first kappa shape index (κ1) is 19.9. The van der Waals surface area contributed by atoms with Gasteiger partial charge in [0.05, 0.1) is 6.21 Å². The number of ether oxygens (including phenoxy) is 1. The molecule has 0 aliphatic carbocycles. The fourth-order valence-electron chi connectivity index (χ4n) is 2.26. The Morgan fingerprint density at radius 2 is 1.89 bits per heavy atom. The molecule has 2 aromatic carbocycles. The van der Waals surface area contributed by atoms with Crippen LogP contribution in [0, 0.1) is 0 Å². The molecule has 0 unspecified atom stereocenters. The van der Waals surface area contributed by atoms with Crippen LogP contribution in [0.4, 0.5) is 0 Å². The van der Waals surface area contributed by atoms with Gasteiger partial charge in [-0.25, -0.2) is 5.43 Å². The first-order chi connectivity index (χ1) is 13.2. The van der Waals surface area contributed by atoms with Gasteiger partial charge in [0.15, 0.2) is 0 Å². The van der Waals surface area contributed by atoms with E-state index >= 15 is 0 Å². The maximum atomic E-state index is 11.8. The summed E-state index contributed by atoms with van der Waals surface area (Å²) in [5.41, 5.74) is 4.24. The third kappa shape index (κ3) is 8.00. The number of hydrogen-bond donors (Lipinski definition) is 2. The lowest BCUT2D eigenvalue weighted by atomic mass is 10.1. The highest BCUT2D eigenvalue weighted by Gasteiger charge is 2.07. The minimum atomic E-state index is -0.470. The predicted octanol–water partition coefficient (Wildman–Crippen LogP) is 2.45. The number of amides is 2. The van der Waals surface area contributed by atoms with E-state index in [1.165, 1.54) is 6.21 Å². The third-order valence-corrected chi connectivity index (χ3v) is 3.53. The van der Waals surface area contributed by atoms with Gasteiger partial charge < -0.3 is 10.1 Å². The van der Waals surface area contributed by atoms with E-state index in [1.807, 2.05) is 48.5 Å². The smallest absolute Gasteiger partial charge is 0.249 e. The molecule has 2 aromatic rings. The van der Waals surface area contributed by atoms with E-state index in [2.05, 4.69) is 22.4 Å². The standard InChI is InChI=1S/C21H23N3O3/c1-2-13-27-19-10-6-9-18(14-19)16-23-24-21(26)15-20(25)22-12-11-17-7-4-3-5-8-17/h2-10,14,16H,1,11-13,15H2,(H,22,25)(H,24,26). The van der Waals surface area contributed by atoms with Gasteiger partial charge in [0.25, 0.3) is 0 Å². The maximum absolute atomic E-state index is 11.8. The zero-order chi connectivity index (χ0) is 19.3. The number of benzene rings is 2. The highest BCUT2D eigenvalue weighted by Crippen LogP contribution is 2.11. The van der Waals surface area contributed by atoms with Crippen LogP contribution in [0.1, 0.15) is 17.5 Å². The maximum Gasteiger partial charge on any atom is 0.249 e. The molecule has 2 N–H and O–H groups in total. The Bertz CT molecular complexity index is 788.